The van der Waals surface area contributed by atoms with Gasteiger partial charge in [-0.2, -0.15) is 0 Å². The smallest absolute Gasteiger partial charge is 0.323 e. The first-order valence-corrected chi connectivity index (χ1v) is 5.93. The summed E-state index contributed by atoms with van der Waals surface area (Å²) in [6.45, 7) is 7.16. The highest BCUT2D eigenvalue weighted by atomic mass is 16.4. The second kappa shape index (κ2) is 5.67. The average Bonchev–Trinajstić information content (AvgIpc) is 2.24. The summed E-state index contributed by atoms with van der Waals surface area (Å²) in [6.07, 6.45) is 0. The normalized spacial score (nSPS) is 10.5. The first kappa shape index (κ1) is 14.2. The fraction of sp³-hybridized carbons (Fsp3) is 0.429. The van der Waals surface area contributed by atoms with Crippen LogP contribution in [0, 0.1) is 13.8 Å². The van der Waals surface area contributed by atoms with Crippen molar-refractivity contribution in [2.45, 2.75) is 33.7 Å². The zero-order valence-electron chi connectivity index (χ0n) is 11.2. The molecular weight excluding hydrogens is 230 g/mol. The van der Waals surface area contributed by atoms with Crippen molar-refractivity contribution in [3.63, 3.8) is 0 Å². The van der Waals surface area contributed by atoms with Crippen molar-refractivity contribution in [3.8, 4) is 0 Å². The number of aryl methyl sites for hydroxylation is 2. The van der Waals surface area contributed by atoms with Gasteiger partial charge in [-0.15, -0.1) is 0 Å². The Kier molecular flexibility index (Phi) is 4.48. The lowest BCUT2D eigenvalue weighted by Gasteiger charge is -2.25. The number of carbonyl (C=O) groups excluding carboxylic acids is 1. The van der Waals surface area contributed by atoms with Crippen LogP contribution in [-0.4, -0.2) is 34.5 Å². The minimum atomic E-state index is -0.998. The van der Waals surface area contributed by atoms with Crippen molar-refractivity contribution in [2.75, 3.05) is 6.54 Å². The van der Waals surface area contributed by atoms with Crippen molar-refractivity contribution >= 4 is 11.9 Å². The second-order valence-electron chi connectivity index (χ2n) is 4.74. The topological polar surface area (TPSA) is 57.6 Å². The number of benzene rings is 1. The minimum absolute atomic E-state index is 0.144. The second-order valence-corrected chi connectivity index (χ2v) is 4.74. The van der Waals surface area contributed by atoms with Gasteiger partial charge in [-0.05, 0) is 39.3 Å². The van der Waals surface area contributed by atoms with E-state index in [1.165, 1.54) is 4.90 Å². The molecule has 0 atom stereocenters. The van der Waals surface area contributed by atoms with Crippen LogP contribution in [0.25, 0.3) is 0 Å². The number of carboxylic acid groups (broad SMARTS) is 1. The maximum absolute atomic E-state index is 12.3. The Labute approximate surface area is 107 Å². The lowest BCUT2D eigenvalue weighted by Crippen LogP contribution is -2.40. The summed E-state index contributed by atoms with van der Waals surface area (Å²) >= 11 is 0. The van der Waals surface area contributed by atoms with Crippen LogP contribution >= 0.6 is 0 Å². The van der Waals surface area contributed by atoms with Crippen LogP contribution in [-0.2, 0) is 4.79 Å². The third-order valence-corrected chi connectivity index (χ3v) is 2.80. The molecule has 1 amide bonds. The van der Waals surface area contributed by atoms with Crippen LogP contribution in [0.1, 0.15) is 35.3 Å². The summed E-state index contributed by atoms with van der Waals surface area (Å²) < 4.78 is 0. The van der Waals surface area contributed by atoms with Gasteiger partial charge in [-0.3, -0.25) is 9.59 Å². The molecule has 0 saturated heterocycles. The molecule has 1 N–H and O–H groups in total. The fourth-order valence-electron chi connectivity index (χ4n) is 1.84. The highest BCUT2D eigenvalue weighted by Gasteiger charge is 2.22. The van der Waals surface area contributed by atoms with E-state index in [1.54, 1.807) is 6.07 Å². The van der Waals surface area contributed by atoms with Crippen molar-refractivity contribution in [1.29, 1.82) is 0 Å². The Balaban J connectivity index is 3.05. The van der Waals surface area contributed by atoms with E-state index in [4.69, 9.17) is 5.11 Å². The Bertz CT molecular complexity index is 466. The number of amides is 1. The zero-order valence-corrected chi connectivity index (χ0v) is 11.2. The van der Waals surface area contributed by atoms with E-state index >= 15 is 0 Å². The van der Waals surface area contributed by atoms with E-state index in [0.717, 1.165) is 11.1 Å². The van der Waals surface area contributed by atoms with E-state index in [9.17, 15) is 9.59 Å². The molecule has 1 aromatic carbocycles. The monoisotopic (exact) mass is 249 g/mol. The van der Waals surface area contributed by atoms with E-state index in [-0.39, 0.29) is 18.5 Å². The third-order valence-electron chi connectivity index (χ3n) is 2.80. The van der Waals surface area contributed by atoms with Gasteiger partial charge in [0.25, 0.3) is 5.91 Å². The molecule has 1 aromatic rings. The molecule has 0 radical (unpaired) electrons. The van der Waals surface area contributed by atoms with Crippen molar-refractivity contribution < 1.29 is 14.7 Å². The Morgan fingerprint density at radius 3 is 2.33 bits per heavy atom. The molecule has 18 heavy (non-hydrogen) atoms. The van der Waals surface area contributed by atoms with Gasteiger partial charge in [0, 0.05) is 11.6 Å². The van der Waals surface area contributed by atoms with Crippen LogP contribution in [0.15, 0.2) is 18.2 Å². The molecule has 98 valence electrons. The molecular formula is C14H19NO3. The molecule has 1 rings (SSSR count). The van der Waals surface area contributed by atoms with E-state index in [0.29, 0.717) is 5.56 Å². The molecule has 0 fully saturated rings. The average molecular weight is 249 g/mol. The highest BCUT2D eigenvalue weighted by Crippen LogP contribution is 2.14. The minimum Gasteiger partial charge on any atom is -0.480 e. The van der Waals surface area contributed by atoms with Gasteiger partial charge in [-0.25, -0.2) is 0 Å². The Morgan fingerprint density at radius 2 is 1.89 bits per heavy atom. The van der Waals surface area contributed by atoms with Crippen LogP contribution in [0.4, 0.5) is 0 Å². The number of nitrogens with zero attached hydrogens (tertiary/aromatic N) is 1. The van der Waals surface area contributed by atoms with Crippen molar-refractivity contribution in [1.82, 2.24) is 4.90 Å². The largest absolute Gasteiger partial charge is 0.480 e. The number of hydrogen-bond acceptors (Lipinski definition) is 2. The molecule has 0 aromatic heterocycles. The van der Waals surface area contributed by atoms with Crippen LogP contribution in [0.5, 0.6) is 0 Å². The molecule has 0 bridgehead atoms. The molecule has 4 heteroatoms. The molecule has 0 spiro atoms. The first-order chi connectivity index (χ1) is 8.32. The highest BCUT2D eigenvalue weighted by molar-refractivity contribution is 5.97. The predicted molar refractivity (Wildman–Crippen MR) is 69.7 cm³/mol. The van der Waals surface area contributed by atoms with Gasteiger partial charge >= 0.3 is 5.97 Å². The SMILES string of the molecule is Cc1ccc(C(=O)N(CC(=O)O)C(C)C)c(C)c1. The van der Waals surface area contributed by atoms with Gasteiger partial charge in [0.1, 0.15) is 6.54 Å². The summed E-state index contributed by atoms with van der Waals surface area (Å²) in [5.74, 6) is -1.23. The van der Waals surface area contributed by atoms with Crippen LogP contribution < -0.4 is 0 Å². The number of aliphatic carboxylic acids is 1. The molecule has 0 unspecified atom stereocenters. The molecule has 0 saturated carbocycles. The molecule has 0 heterocycles. The van der Waals surface area contributed by atoms with E-state index in [1.807, 2.05) is 39.8 Å². The number of carboxylic acids is 1. The van der Waals surface area contributed by atoms with Crippen molar-refractivity contribution in [2.24, 2.45) is 0 Å². The molecule has 0 aliphatic rings. The van der Waals surface area contributed by atoms with Gasteiger partial charge in [-0.1, -0.05) is 17.7 Å². The summed E-state index contributed by atoms with van der Waals surface area (Å²) in [5.41, 5.74) is 2.52. The summed E-state index contributed by atoms with van der Waals surface area (Å²) in [6, 6.07) is 5.39. The van der Waals surface area contributed by atoms with Crippen LogP contribution in [0.2, 0.25) is 0 Å². The number of rotatable bonds is 4. The quantitative estimate of drug-likeness (QED) is 0.890. The Hall–Kier alpha value is -1.84. The lowest BCUT2D eigenvalue weighted by molar-refractivity contribution is -0.138. The first-order valence-electron chi connectivity index (χ1n) is 5.93. The predicted octanol–water partition coefficient (Wildman–Crippen LogP) is 2.24. The fourth-order valence-corrected chi connectivity index (χ4v) is 1.84. The van der Waals surface area contributed by atoms with E-state index < -0.39 is 5.97 Å². The number of hydrogen-bond donors (Lipinski definition) is 1. The van der Waals surface area contributed by atoms with Gasteiger partial charge < -0.3 is 10.0 Å². The van der Waals surface area contributed by atoms with Crippen LogP contribution in [0.3, 0.4) is 0 Å². The Morgan fingerprint density at radius 1 is 1.28 bits per heavy atom. The van der Waals surface area contributed by atoms with E-state index in [2.05, 4.69) is 0 Å². The standard InChI is InChI=1S/C14H19NO3/c1-9(2)15(8-13(16)17)14(18)12-6-5-10(3)7-11(12)4/h5-7,9H,8H2,1-4H3,(H,16,17). The van der Waals surface area contributed by atoms with Gasteiger partial charge in [0.15, 0.2) is 0 Å². The maximum Gasteiger partial charge on any atom is 0.323 e. The summed E-state index contributed by atoms with van der Waals surface area (Å²) in [4.78, 5) is 24.5. The lowest BCUT2D eigenvalue weighted by atomic mass is 10.0. The summed E-state index contributed by atoms with van der Waals surface area (Å²) in [7, 11) is 0. The molecule has 4 nitrogen and oxygen atoms in total. The van der Waals surface area contributed by atoms with Crippen molar-refractivity contribution in [3.05, 3.63) is 34.9 Å². The molecule has 0 aliphatic heterocycles. The zero-order chi connectivity index (χ0) is 13.9. The molecule has 0 aliphatic carbocycles. The third kappa shape index (κ3) is 3.32. The number of carbonyl (C=O) groups is 2. The maximum atomic E-state index is 12.3. The van der Waals surface area contributed by atoms with Gasteiger partial charge in [0.2, 0.25) is 0 Å². The summed E-state index contributed by atoms with van der Waals surface area (Å²) in [5, 5.41) is 8.85. The van der Waals surface area contributed by atoms with Gasteiger partial charge in [0.05, 0.1) is 0 Å².